The van der Waals surface area contributed by atoms with Crippen LogP contribution in [-0.2, 0) is 17.7 Å². The van der Waals surface area contributed by atoms with Crippen LogP contribution in [0.15, 0.2) is 41.3 Å². The van der Waals surface area contributed by atoms with Crippen molar-refractivity contribution in [1.29, 1.82) is 0 Å². The van der Waals surface area contributed by atoms with Gasteiger partial charge in [0.2, 0.25) is 0 Å². The summed E-state index contributed by atoms with van der Waals surface area (Å²) in [6, 6.07) is 9.52. The van der Waals surface area contributed by atoms with E-state index in [9.17, 15) is 4.79 Å². The number of nitrogens with zero attached hydrogens (tertiary/aromatic N) is 6. The third-order valence-electron chi connectivity index (χ3n) is 5.97. The summed E-state index contributed by atoms with van der Waals surface area (Å²) in [7, 11) is 0. The van der Waals surface area contributed by atoms with Crippen molar-refractivity contribution >= 4 is 28.3 Å². The number of pyridine rings is 1. The zero-order valence-corrected chi connectivity index (χ0v) is 18.8. The first-order valence-electron chi connectivity index (χ1n) is 11.0. The molecular formula is C23H25ClN6O2. The second-order valence-electron chi connectivity index (χ2n) is 7.97. The molecule has 32 heavy (non-hydrogen) atoms. The third kappa shape index (κ3) is 3.90. The van der Waals surface area contributed by atoms with Gasteiger partial charge in [0, 0.05) is 37.4 Å². The zero-order valence-electron chi connectivity index (χ0n) is 18.0. The average Bonchev–Trinajstić information content (AvgIpc) is 3.21. The molecule has 0 radical (unpaired) electrons. The van der Waals surface area contributed by atoms with E-state index in [2.05, 4.69) is 22.0 Å². The van der Waals surface area contributed by atoms with Gasteiger partial charge < -0.3 is 9.30 Å². The lowest BCUT2D eigenvalue weighted by atomic mass is 10.0. The number of rotatable bonds is 6. The van der Waals surface area contributed by atoms with Gasteiger partial charge in [-0.3, -0.25) is 9.69 Å². The number of halogens is 1. The van der Waals surface area contributed by atoms with Crippen LogP contribution in [0.5, 0.6) is 0 Å². The first-order valence-corrected chi connectivity index (χ1v) is 11.4. The number of morpholine rings is 1. The van der Waals surface area contributed by atoms with Crippen molar-refractivity contribution < 1.29 is 4.74 Å². The smallest absolute Gasteiger partial charge is 0.280 e. The minimum absolute atomic E-state index is 0.138. The largest absolute Gasteiger partial charge is 0.379 e. The number of hydrogen-bond donors (Lipinski definition) is 0. The van der Waals surface area contributed by atoms with Crippen LogP contribution in [0.3, 0.4) is 0 Å². The lowest BCUT2D eigenvalue weighted by Gasteiger charge is -2.26. The van der Waals surface area contributed by atoms with Crippen LogP contribution in [0.1, 0.15) is 19.0 Å². The van der Waals surface area contributed by atoms with E-state index in [0.29, 0.717) is 28.2 Å². The van der Waals surface area contributed by atoms with E-state index in [1.165, 1.54) is 0 Å². The Morgan fingerprint density at radius 1 is 1.06 bits per heavy atom. The fourth-order valence-corrected chi connectivity index (χ4v) is 4.38. The predicted molar refractivity (Wildman–Crippen MR) is 124 cm³/mol. The van der Waals surface area contributed by atoms with Crippen molar-refractivity contribution in [3.8, 4) is 11.1 Å². The van der Waals surface area contributed by atoms with Crippen LogP contribution in [0.2, 0.25) is 5.02 Å². The topological polar surface area (TPSA) is 77.5 Å². The molecule has 5 rings (SSSR count). The normalized spacial score (nSPS) is 15.1. The Balaban J connectivity index is 1.49. The van der Waals surface area contributed by atoms with Gasteiger partial charge in [-0.25, -0.2) is 4.52 Å². The highest BCUT2D eigenvalue weighted by Crippen LogP contribution is 2.29. The van der Waals surface area contributed by atoms with Crippen LogP contribution in [0, 0.1) is 0 Å². The molecule has 3 aromatic heterocycles. The molecule has 0 aliphatic carbocycles. The van der Waals surface area contributed by atoms with Crippen molar-refractivity contribution in [3.05, 3.63) is 57.6 Å². The molecule has 0 amide bonds. The second-order valence-corrected chi connectivity index (χ2v) is 8.41. The fraction of sp³-hybridized carbons (Fsp3) is 0.391. The molecule has 0 spiro atoms. The summed E-state index contributed by atoms with van der Waals surface area (Å²) in [6.07, 6.45) is 3.46. The Bertz CT molecular complexity index is 1310. The Labute approximate surface area is 190 Å². The van der Waals surface area contributed by atoms with Crippen LogP contribution in [-0.4, -0.2) is 62.1 Å². The van der Waals surface area contributed by atoms with Crippen molar-refractivity contribution in [2.45, 2.75) is 26.3 Å². The van der Waals surface area contributed by atoms with E-state index in [1.54, 1.807) is 9.08 Å². The molecule has 166 valence electrons. The summed E-state index contributed by atoms with van der Waals surface area (Å²) >= 11 is 6.06. The summed E-state index contributed by atoms with van der Waals surface area (Å²) in [5, 5.41) is 14.2. The Hall–Kier alpha value is -2.81. The van der Waals surface area contributed by atoms with Crippen molar-refractivity contribution in [3.63, 3.8) is 0 Å². The molecule has 0 saturated carbocycles. The van der Waals surface area contributed by atoms with E-state index in [1.807, 2.05) is 36.5 Å². The van der Waals surface area contributed by atoms with Crippen molar-refractivity contribution in [2.24, 2.45) is 0 Å². The monoisotopic (exact) mass is 452 g/mol. The molecule has 4 aromatic rings. The van der Waals surface area contributed by atoms with Gasteiger partial charge in [-0.1, -0.05) is 30.7 Å². The molecule has 9 heteroatoms. The van der Waals surface area contributed by atoms with Crippen LogP contribution < -0.4 is 5.56 Å². The molecule has 1 fully saturated rings. The van der Waals surface area contributed by atoms with E-state index in [4.69, 9.17) is 21.4 Å². The summed E-state index contributed by atoms with van der Waals surface area (Å²) in [5.41, 5.74) is 4.31. The predicted octanol–water partition coefficient (Wildman–Crippen LogP) is 3.04. The minimum Gasteiger partial charge on any atom is -0.379 e. The highest BCUT2D eigenvalue weighted by Gasteiger charge is 2.19. The number of aryl methyl sites for hydroxylation is 2. The van der Waals surface area contributed by atoms with Crippen LogP contribution in [0.25, 0.3) is 27.8 Å². The van der Waals surface area contributed by atoms with Gasteiger partial charge in [-0.15, -0.1) is 10.2 Å². The van der Waals surface area contributed by atoms with Crippen LogP contribution in [0.4, 0.5) is 0 Å². The van der Waals surface area contributed by atoms with Gasteiger partial charge in [0.1, 0.15) is 5.52 Å². The SMILES string of the molecule is CCc1nn2c(nnc3c(=O)n(CCCN4CCOCC4)ccc32)c1-c1ccc(Cl)cc1. The van der Waals surface area contributed by atoms with E-state index >= 15 is 0 Å². The summed E-state index contributed by atoms with van der Waals surface area (Å²) in [6.45, 7) is 7.10. The van der Waals surface area contributed by atoms with Gasteiger partial charge in [0.05, 0.1) is 24.5 Å². The lowest BCUT2D eigenvalue weighted by molar-refractivity contribution is 0.0369. The first-order chi connectivity index (χ1) is 15.7. The molecule has 0 unspecified atom stereocenters. The second kappa shape index (κ2) is 8.97. The first kappa shape index (κ1) is 21.1. The molecule has 8 nitrogen and oxygen atoms in total. The molecule has 1 aliphatic rings. The van der Waals surface area contributed by atoms with E-state index in [-0.39, 0.29) is 5.56 Å². The average molecular weight is 453 g/mol. The standard InChI is InChI=1S/C23H25ClN6O2/c1-2-18-20(16-4-6-17(24)7-5-16)22-26-25-21-19(30(22)27-18)8-11-29(23(21)31)10-3-9-28-12-14-32-15-13-28/h4-8,11H,2-3,9-10,12-15H2,1H3. The molecule has 1 aromatic carbocycles. The Morgan fingerprint density at radius 3 is 2.59 bits per heavy atom. The minimum atomic E-state index is -0.138. The van der Waals surface area contributed by atoms with Crippen molar-refractivity contribution in [1.82, 2.24) is 29.3 Å². The molecule has 4 heterocycles. The molecule has 1 saturated heterocycles. The summed E-state index contributed by atoms with van der Waals surface area (Å²) in [4.78, 5) is 15.5. The van der Waals surface area contributed by atoms with E-state index in [0.717, 1.165) is 62.5 Å². The maximum absolute atomic E-state index is 13.1. The van der Waals surface area contributed by atoms with Crippen LogP contribution >= 0.6 is 11.6 Å². The Morgan fingerprint density at radius 2 is 1.84 bits per heavy atom. The van der Waals surface area contributed by atoms with Gasteiger partial charge in [-0.05, 0) is 36.6 Å². The highest BCUT2D eigenvalue weighted by molar-refractivity contribution is 6.30. The summed E-state index contributed by atoms with van der Waals surface area (Å²) < 4.78 is 8.85. The van der Waals surface area contributed by atoms with E-state index < -0.39 is 0 Å². The van der Waals surface area contributed by atoms with Gasteiger partial charge in [0.25, 0.3) is 5.56 Å². The van der Waals surface area contributed by atoms with Gasteiger partial charge in [-0.2, -0.15) is 5.10 Å². The number of benzene rings is 1. The fourth-order valence-electron chi connectivity index (χ4n) is 4.25. The Kier molecular flexibility index (Phi) is 5.91. The van der Waals surface area contributed by atoms with Gasteiger partial charge in [0.15, 0.2) is 11.2 Å². The zero-order chi connectivity index (χ0) is 22.1. The maximum Gasteiger partial charge on any atom is 0.280 e. The molecule has 1 aliphatic heterocycles. The quantitative estimate of drug-likeness (QED) is 0.447. The molecule has 0 atom stereocenters. The summed E-state index contributed by atoms with van der Waals surface area (Å²) in [5.74, 6) is 0. The maximum atomic E-state index is 13.1. The lowest BCUT2D eigenvalue weighted by Crippen LogP contribution is -2.37. The number of fused-ring (bicyclic) bond motifs is 3. The molecule has 0 N–H and O–H groups in total. The third-order valence-corrected chi connectivity index (χ3v) is 6.22. The molecule has 0 bridgehead atoms. The molecular weight excluding hydrogens is 428 g/mol. The highest BCUT2D eigenvalue weighted by atomic mass is 35.5. The van der Waals surface area contributed by atoms with Crippen molar-refractivity contribution in [2.75, 3.05) is 32.8 Å². The van der Waals surface area contributed by atoms with Gasteiger partial charge >= 0.3 is 0 Å². The number of ether oxygens (including phenoxy) is 1. The number of hydrogen-bond acceptors (Lipinski definition) is 6. The number of aromatic nitrogens is 5.